The summed E-state index contributed by atoms with van der Waals surface area (Å²) >= 11 is 0. The summed E-state index contributed by atoms with van der Waals surface area (Å²) in [4.78, 5) is 0. The highest BCUT2D eigenvalue weighted by atomic mass is 19.1. The minimum atomic E-state index is -0.604. The quantitative estimate of drug-likeness (QED) is 0.851. The van der Waals surface area contributed by atoms with Crippen LogP contribution >= 0.6 is 0 Å². The average Bonchev–Trinajstić information content (AvgIpc) is 2.28. The molecule has 1 aliphatic heterocycles. The average molecular weight is 237 g/mol. The molecule has 0 radical (unpaired) electrons. The Labute approximate surface area is 98.2 Å². The Hall–Kier alpha value is -1.64. The molecule has 1 aromatic rings. The van der Waals surface area contributed by atoms with Crippen molar-refractivity contribution in [2.24, 2.45) is 5.41 Å². The van der Waals surface area contributed by atoms with E-state index < -0.39 is 5.82 Å². The molecule has 0 unspecified atom stereocenters. The first-order valence-corrected chi connectivity index (χ1v) is 5.20. The Morgan fingerprint density at radius 2 is 2.29 bits per heavy atom. The monoisotopic (exact) mass is 237 g/mol. The van der Waals surface area contributed by atoms with Gasteiger partial charge in [0.2, 0.25) is 0 Å². The summed E-state index contributed by atoms with van der Waals surface area (Å²) in [6.07, 6.45) is 0. The van der Waals surface area contributed by atoms with Crippen molar-refractivity contribution >= 4 is 0 Å². The maximum Gasteiger partial charge on any atom is 0.144 e. The number of ether oxygens (including phenoxy) is 2. The molecule has 0 atom stereocenters. The van der Waals surface area contributed by atoms with Gasteiger partial charge in [-0.15, -0.1) is 0 Å². The molecule has 0 bridgehead atoms. The van der Waals surface area contributed by atoms with Gasteiger partial charge in [0.25, 0.3) is 0 Å². The van der Waals surface area contributed by atoms with E-state index in [1.165, 1.54) is 18.2 Å². The Morgan fingerprint density at radius 1 is 1.53 bits per heavy atom. The molecule has 1 heterocycles. The SMILES string of the molecule is N#Cc1ccc(OCC2(CO)COC2)cc1F. The van der Waals surface area contributed by atoms with Crippen LogP contribution in [0.3, 0.4) is 0 Å². The van der Waals surface area contributed by atoms with Gasteiger partial charge in [-0.1, -0.05) is 0 Å². The number of nitriles is 1. The molecule has 0 amide bonds. The lowest BCUT2D eigenvalue weighted by atomic mass is 9.88. The van der Waals surface area contributed by atoms with Gasteiger partial charge in [-0.3, -0.25) is 0 Å². The summed E-state index contributed by atoms with van der Waals surface area (Å²) in [5, 5.41) is 17.7. The molecule has 1 N–H and O–H groups in total. The minimum absolute atomic E-state index is 0.0128. The van der Waals surface area contributed by atoms with Crippen LogP contribution in [0.4, 0.5) is 4.39 Å². The van der Waals surface area contributed by atoms with Gasteiger partial charge in [-0.05, 0) is 12.1 Å². The second-order valence-corrected chi connectivity index (χ2v) is 4.19. The van der Waals surface area contributed by atoms with Gasteiger partial charge in [-0.2, -0.15) is 5.26 Å². The van der Waals surface area contributed by atoms with Gasteiger partial charge < -0.3 is 14.6 Å². The van der Waals surface area contributed by atoms with Crippen molar-refractivity contribution < 1.29 is 19.0 Å². The van der Waals surface area contributed by atoms with Crippen molar-refractivity contribution in [2.45, 2.75) is 0 Å². The zero-order chi connectivity index (χ0) is 12.3. The Bertz CT molecular complexity index is 446. The molecule has 1 aromatic carbocycles. The highest BCUT2D eigenvalue weighted by Crippen LogP contribution is 2.28. The van der Waals surface area contributed by atoms with E-state index in [-0.39, 0.29) is 24.2 Å². The molecule has 0 aromatic heterocycles. The summed E-state index contributed by atoms with van der Waals surface area (Å²) in [5.41, 5.74) is -0.383. The lowest BCUT2D eigenvalue weighted by molar-refractivity contribution is -0.153. The Kier molecular flexibility index (Phi) is 3.27. The number of rotatable bonds is 4. The molecule has 5 heteroatoms. The van der Waals surface area contributed by atoms with E-state index in [1.807, 2.05) is 0 Å². The molecule has 0 saturated carbocycles. The first-order valence-electron chi connectivity index (χ1n) is 5.20. The summed E-state index contributed by atoms with van der Waals surface area (Å²) in [6, 6.07) is 5.81. The first kappa shape index (κ1) is 11.8. The molecular weight excluding hydrogens is 225 g/mol. The van der Waals surface area contributed by atoms with Crippen LogP contribution in [-0.4, -0.2) is 31.5 Å². The molecule has 0 aliphatic carbocycles. The third-order valence-corrected chi connectivity index (χ3v) is 2.76. The fourth-order valence-electron chi connectivity index (χ4n) is 1.52. The van der Waals surface area contributed by atoms with Crippen molar-refractivity contribution in [2.75, 3.05) is 26.4 Å². The number of hydrogen-bond acceptors (Lipinski definition) is 4. The van der Waals surface area contributed by atoms with Crippen LogP contribution in [0.5, 0.6) is 5.75 Å². The number of hydrogen-bond donors (Lipinski definition) is 1. The minimum Gasteiger partial charge on any atom is -0.493 e. The van der Waals surface area contributed by atoms with Gasteiger partial charge in [0.05, 0.1) is 30.8 Å². The van der Waals surface area contributed by atoms with Crippen molar-refractivity contribution in [3.8, 4) is 11.8 Å². The van der Waals surface area contributed by atoms with Crippen LogP contribution in [0.1, 0.15) is 5.56 Å². The third kappa shape index (κ3) is 2.38. The van der Waals surface area contributed by atoms with E-state index in [9.17, 15) is 9.50 Å². The summed E-state index contributed by atoms with van der Waals surface area (Å²) in [5.74, 6) is -0.255. The normalized spacial score (nSPS) is 17.0. The Morgan fingerprint density at radius 3 is 2.76 bits per heavy atom. The van der Waals surface area contributed by atoms with Crippen molar-refractivity contribution in [3.05, 3.63) is 29.6 Å². The predicted molar refractivity (Wildman–Crippen MR) is 56.9 cm³/mol. The second-order valence-electron chi connectivity index (χ2n) is 4.19. The van der Waals surface area contributed by atoms with Crippen LogP contribution in [0.25, 0.3) is 0 Å². The summed E-state index contributed by atoms with van der Waals surface area (Å²) in [6.45, 7) is 1.14. The van der Waals surface area contributed by atoms with E-state index >= 15 is 0 Å². The number of aliphatic hydroxyl groups is 1. The maximum atomic E-state index is 13.3. The number of aliphatic hydroxyl groups excluding tert-OH is 1. The molecule has 90 valence electrons. The van der Waals surface area contributed by atoms with Crippen LogP contribution in [0.15, 0.2) is 18.2 Å². The van der Waals surface area contributed by atoms with Crippen molar-refractivity contribution in [1.29, 1.82) is 5.26 Å². The van der Waals surface area contributed by atoms with Crippen LogP contribution in [0, 0.1) is 22.6 Å². The predicted octanol–water partition coefficient (Wildman–Crippen LogP) is 1.09. The van der Waals surface area contributed by atoms with Crippen molar-refractivity contribution in [3.63, 3.8) is 0 Å². The first-order chi connectivity index (χ1) is 8.19. The lowest BCUT2D eigenvalue weighted by Crippen LogP contribution is -2.49. The van der Waals surface area contributed by atoms with E-state index in [0.29, 0.717) is 19.0 Å². The van der Waals surface area contributed by atoms with Crippen LogP contribution in [-0.2, 0) is 4.74 Å². The van der Waals surface area contributed by atoms with Gasteiger partial charge in [-0.25, -0.2) is 4.39 Å². The van der Waals surface area contributed by atoms with E-state index in [1.54, 1.807) is 6.07 Å². The molecule has 2 rings (SSSR count). The van der Waals surface area contributed by atoms with Gasteiger partial charge in [0, 0.05) is 6.07 Å². The van der Waals surface area contributed by atoms with Crippen molar-refractivity contribution in [1.82, 2.24) is 0 Å². The van der Waals surface area contributed by atoms with E-state index in [2.05, 4.69) is 0 Å². The fourth-order valence-corrected chi connectivity index (χ4v) is 1.52. The second kappa shape index (κ2) is 4.70. The number of halogens is 1. The van der Waals surface area contributed by atoms with Crippen LogP contribution in [0.2, 0.25) is 0 Å². The highest BCUT2D eigenvalue weighted by Gasteiger charge is 2.39. The topological polar surface area (TPSA) is 62.5 Å². The lowest BCUT2D eigenvalue weighted by Gasteiger charge is -2.39. The highest BCUT2D eigenvalue weighted by molar-refractivity contribution is 5.36. The number of benzene rings is 1. The molecule has 0 spiro atoms. The summed E-state index contributed by atoms with van der Waals surface area (Å²) in [7, 11) is 0. The molecule has 4 nitrogen and oxygen atoms in total. The van der Waals surface area contributed by atoms with E-state index in [4.69, 9.17) is 14.7 Å². The maximum absolute atomic E-state index is 13.3. The van der Waals surface area contributed by atoms with E-state index in [0.717, 1.165) is 0 Å². The molecule has 1 fully saturated rings. The van der Waals surface area contributed by atoms with Gasteiger partial charge >= 0.3 is 0 Å². The zero-order valence-electron chi connectivity index (χ0n) is 9.15. The fraction of sp³-hybridized carbons (Fsp3) is 0.417. The Balaban J connectivity index is 2.00. The summed E-state index contributed by atoms with van der Waals surface area (Å²) < 4.78 is 23.7. The molecular formula is C12H12FNO3. The molecule has 1 saturated heterocycles. The van der Waals surface area contributed by atoms with Crippen LogP contribution < -0.4 is 4.74 Å². The third-order valence-electron chi connectivity index (χ3n) is 2.76. The number of nitrogens with zero attached hydrogens (tertiary/aromatic N) is 1. The smallest absolute Gasteiger partial charge is 0.144 e. The molecule has 1 aliphatic rings. The van der Waals surface area contributed by atoms with Gasteiger partial charge in [0.15, 0.2) is 0 Å². The van der Waals surface area contributed by atoms with Gasteiger partial charge in [0.1, 0.15) is 24.2 Å². The zero-order valence-corrected chi connectivity index (χ0v) is 9.15. The standard InChI is InChI=1S/C12H12FNO3/c13-11-3-10(2-1-9(11)4-14)17-8-12(5-15)6-16-7-12/h1-3,15H,5-8H2. The largest absolute Gasteiger partial charge is 0.493 e. The molecule has 17 heavy (non-hydrogen) atoms.